The highest BCUT2D eigenvalue weighted by Gasteiger charge is 2.53. The van der Waals surface area contributed by atoms with E-state index in [2.05, 4.69) is 36.3 Å². The van der Waals surface area contributed by atoms with Gasteiger partial charge in [0.2, 0.25) is 18.4 Å². The van der Waals surface area contributed by atoms with Crippen molar-refractivity contribution >= 4 is 11.9 Å². The monoisotopic (exact) mass is 583 g/mol. The largest absolute Gasteiger partial charge is 0.502 e. The van der Waals surface area contributed by atoms with Crippen LogP contribution in [0, 0.1) is 11.8 Å². The number of benzene rings is 2. The molecule has 4 atom stereocenters. The summed E-state index contributed by atoms with van der Waals surface area (Å²) in [6, 6.07) is 6.78. The van der Waals surface area contributed by atoms with E-state index in [0.29, 0.717) is 17.9 Å². The number of amides is 1. The van der Waals surface area contributed by atoms with Gasteiger partial charge in [-0.2, -0.15) is 0 Å². The molecule has 1 saturated heterocycles. The lowest BCUT2D eigenvalue weighted by molar-refractivity contribution is -0.141. The number of carbonyl (C=O) groups excluding carboxylic acids is 2. The number of cyclic esters (lactones) is 1. The van der Waals surface area contributed by atoms with Crippen molar-refractivity contribution in [3.8, 4) is 28.7 Å². The first-order chi connectivity index (χ1) is 20.2. The van der Waals surface area contributed by atoms with E-state index in [1.807, 2.05) is 12.1 Å². The van der Waals surface area contributed by atoms with Gasteiger partial charge in [-0.05, 0) is 81.5 Å². The minimum atomic E-state index is -0.576. The third-order valence-corrected chi connectivity index (χ3v) is 8.49. The zero-order valence-electron chi connectivity index (χ0n) is 25.0. The van der Waals surface area contributed by atoms with Crippen molar-refractivity contribution in [2.24, 2.45) is 11.8 Å². The SMILES string of the molecule is COc1cc(C2c3cc4c(cc3[C@@H](NC(=O)CCCCN(C)CCN(C)C)[C@H]3COC(=O)[C@H]23)OCO4)cc(OC)c1O. The van der Waals surface area contributed by atoms with Gasteiger partial charge in [0, 0.05) is 31.3 Å². The molecule has 1 amide bonds. The normalized spacial score (nSPS) is 22.1. The number of phenols is 1. The first-order valence-corrected chi connectivity index (χ1v) is 14.4. The van der Waals surface area contributed by atoms with Crippen molar-refractivity contribution in [1.82, 2.24) is 15.1 Å². The number of likely N-dealkylation sites (N-methyl/N-ethyl adjacent to an activating group) is 2. The average molecular weight is 584 g/mol. The number of nitrogens with zero attached hydrogens (tertiary/aromatic N) is 2. The lowest BCUT2D eigenvalue weighted by atomic mass is 9.65. The lowest BCUT2D eigenvalue weighted by Crippen LogP contribution is -2.42. The number of phenolic OH excluding ortho intramolecular Hbond substituents is 1. The molecule has 1 aliphatic carbocycles. The smallest absolute Gasteiger partial charge is 0.310 e. The maximum Gasteiger partial charge on any atom is 0.310 e. The number of aromatic hydroxyl groups is 1. The van der Waals surface area contributed by atoms with Gasteiger partial charge in [0.05, 0.1) is 32.8 Å². The summed E-state index contributed by atoms with van der Waals surface area (Å²) < 4.78 is 27.9. The Kier molecular flexibility index (Phi) is 8.98. The third-order valence-electron chi connectivity index (χ3n) is 8.49. The van der Waals surface area contributed by atoms with Crippen molar-refractivity contribution < 1.29 is 38.4 Å². The summed E-state index contributed by atoms with van der Waals surface area (Å²) in [5.41, 5.74) is 2.40. The summed E-state index contributed by atoms with van der Waals surface area (Å²) in [5.74, 6) is -0.219. The second-order valence-corrected chi connectivity index (χ2v) is 11.5. The summed E-state index contributed by atoms with van der Waals surface area (Å²) in [4.78, 5) is 31.0. The number of methoxy groups -OCH3 is 2. The molecule has 1 unspecified atom stereocenters. The zero-order valence-corrected chi connectivity index (χ0v) is 25.0. The Morgan fingerprint density at radius 3 is 2.26 bits per heavy atom. The first kappa shape index (κ1) is 29.8. The minimum absolute atomic E-state index is 0.0657. The van der Waals surface area contributed by atoms with Crippen molar-refractivity contribution in [3.05, 3.63) is 41.0 Å². The molecule has 3 aliphatic rings. The second-order valence-electron chi connectivity index (χ2n) is 11.5. The van der Waals surface area contributed by atoms with Crippen LogP contribution in [-0.2, 0) is 14.3 Å². The molecule has 0 spiro atoms. The number of unbranched alkanes of at least 4 members (excludes halogenated alkanes) is 1. The summed E-state index contributed by atoms with van der Waals surface area (Å²) in [6.07, 6.45) is 2.06. The van der Waals surface area contributed by atoms with E-state index in [-0.39, 0.29) is 48.4 Å². The molecule has 2 aromatic rings. The molecule has 0 bridgehead atoms. The molecule has 2 aromatic carbocycles. The van der Waals surface area contributed by atoms with Gasteiger partial charge in [0.1, 0.15) is 0 Å². The molecular weight excluding hydrogens is 542 g/mol. The summed E-state index contributed by atoms with van der Waals surface area (Å²) in [6.45, 7) is 3.17. The van der Waals surface area contributed by atoms with Crippen LogP contribution >= 0.6 is 0 Å². The Bertz CT molecular complexity index is 1290. The fraction of sp³-hybridized carbons (Fsp3) is 0.548. The molecule has 2 N–H and O–H groups in total. The summed E-state index contributed by atoms with van der Waals surface area (Å²) in [7, 11) is 9.14. The molecule has 1 fully saturated rings. The van der Waals surface area contributed by atoms with E-state index in [1.54, 1.807) is 12.1 Å². The van der Waals surface area contributed by atoms with Crippen LogP contribution < -0.4 is 24.3 Å². The van der Waals surface area contributed by atoms with Crippen LogP contribution in [0.5, 0.6) is 28.7 Å². The van der Waals surface area contributed by atoms with Crippen LogP contribution in [0.2, 0.25) is 0 Å². The Morgan fingerprint density at radius 2 is 1.62 bits per heavy atom. The van der Waals surface area contributed by atoms with Crippen molar-refractivity contribution in [2.75, 3.05) is 68.4 Å². The molecule has 228 valence electrons. The highest BCUT2D eigenvalue weighted by Crippen LogP contribution is 2.55. The number of esters is 1. The van der Waals surface area contributed by atoms with Gasteiger partial charge < -0.3 is 43.9 Å². The first-order valence-electron chi connectivity index (χ1n) is 14.4. The van der Waals surface area contributed by atoms with Gasteiger partial charge in [0.15, 0.2) is 23.0 Å². The fourth-order valence-corrected chi connectivity index (χ4v) is 6.24. The average Bonchev–Trinajstić information content (AvgIpc) is 3.59. The molecule has 11 heteroatoms. The maximum absolute atomic E-state index is 13.3. The predicted molar refractivity (Wildman–Crippen MR) is 154 cm³/mol. The molecular formula is C31H41N3O8. The number of ether oxygens (including phenoxy) is 5. The topological polar surface area (TPSA) is 119 Å². The van der Waals surface area contributed by atoms with E-state index >= 15 is 0 Å². The molecule has 2 aliphatic heterocycles. The molecule has 0 aromatic heterocycles. The zero-order chi connectivity index (χ0) is 30.0. The number of rotatable bonds is 12. The van der Waals surface area contributed by atoms with Gasteiger partial charge in [-0.15, -0.1) is 0 Å². The minimum Gasteiger partial charge on any atom is -0.502 e. The predicted octanol–water partition coefficient (Wildman–Crippen LogP) is 2.89. The molecule has 11 nitrogen and oxygen atoms in total. The maximum atomic E-state index is 13.3. The number of carbonyl (C=O) groups is 2. The number of hydrogen-bond acceptors (Lipinski definition) is 10. The van der Waals surface area contributed by atoms with E-state index < -0.39 is 17.9 Å². The van der Waals surface area contributed by atoms with Crippen molar-refractivity contribution in [2.45, 2.75) is 31.2 Å². The Balaban J connectivity index is 1.42. The molecule has 0 saturated carbocycles. The van der Waals surface area contributed by atoms with Crippen LogP contribution in [0.3, 0.4) is 0 Å². The summed E-state index contributed by atoms with van der Waals surface area (Å²) >= 11 is 0. The third kappa shape index (κ3) is 5.94. The van der Waals surface area contributed by atoms with Gasteiger partial charge in [-0.25, -0.2) is 0 Å². The van der Waals surface area contributed by atoms with Crippen LogP contribution in [0.15, 0.2) is 24.3 Å². The van der Waals surface area contributed by atoms with E-state index in [0.717, 1.165) is 49.2 Å². The van der Waals surface area contributed by atoms with Gasteiger partial charge in [-0.3, -0.25) is 9.59 Å². The number of hydrogen-bond donors (Lipinski definition) is 2. The summed E-state index contributed by atoms with van der Waals surface area (Å²) in [5, 5.41) is 13.8. The van der Waals surface area contributed by atoms with Crippen molar-refractivity contribution in [1.29, 1.82) is 0 Å². The van der Waals surface area contributed by atoms with Crippen LogP contribution in [0.4, 0.5) is 0 Å². The molecule has 0 radical (unpaired) electrons. The molecule has 42 heavy (non-hydrogen) atoms. The Morgan fingerprint density at radius 1 is 0.952 bits per heavy atom. The van der Waals surface area contributed by atoms with Crippen molar-refractivity contribution in [3.63, 3.8) is 0 Å². The second kappa shape index (κ2) is 12.7. The van der Waals surface area contributed by atoms with Crippen LogP contribution in [0.25, 0.3) is 0 Å². The van der Waals surface area contributed by atoms with E-state index in [9.17, 15) is 14.7 Å². The lowest BCUT2D eigenvalue weighted by Gasteiger charge is -2.39. The number of fused-ring (bicyclic) bond motifs is 3. The van der Waals surface area contributed by atoms with Gasteiger partial charge in [0.25, 0.3) is 0 Å². The van der Waals surface area contributed by atoms with Gasteiger partial charge in [-0.1, -0.05) is 0 Å². The van der Waals surface area contributed by atoms with Crippen LogP contribution in [0.1, 0.15) is 47.9 Å². The number of nitrogens with one attached hydrogen (secondary N) is 1. The highest BCUT2D eigenvalue weighted by atomic mass is 16.7. The molecule has 2 heterocycles. The molecule has 5 rings (SSSR count). The van der Waals surface area contributed by atoms with Gasteiger partial charge >= 0.3 is 5.97 Å². The Labute approximate surface area is 246 Å². The van der Waals surface area contributed by atoms with Crippen LogP contribution in [-0.4, -0.2) is 95.2 Å². The van der Waals surface area contributed by atoms with E-state index in [4.69, 9.17) is 23.7 Å². The quantitative estimate of drug-likeness (QED) is 0.285. The van der Waals surface area contributed by atoms with E-state index in [1.165, 1.54) is 14.2 Å². The highest BCUT2D eigenvalue weighted by molar-refractivity contribution is 5.81. The fourth-order valence-electron chi connectivity index (χ4n) is 6.24. The Hall–Kier alpha value is -3.70. The standard InChI is InChI=1S/C31H41N3O8/c1-33(2)10-11-34(3)9-7-6-8-26(35)32-29-20-15-23-22(41-17-42-23)14-19(20)27(28-21(29)16-40-31(28)37)18-12-24(38-4)30(36)25(13-18)39-5/h12-15,21,27-29,36H,6-11,16-17H2,1-5H3,(H,32,35)/t21-,27?,28-,29+/m0/s1.